The summed E-state index contributed by atoms with van der Waals surface area (Å²) in [7, 11) is 0. The normalized spacial score (nSPS) is 41.8. The summed E-state index contributed by atoms with van der Waals surface area (Å²) in [5, 5.41) is 30.5. The number of carbonyl (C=O) groups is 1. The molecule has 0 spiro atoms. The molecule has 9 nitrogen and oxygen atoms in total. The molecular weight excluding hydrogens is 232 g/mol. The Bertz CT molecular complexity index is 338. The molecule has 17 heavy (non-hydrogen) atoms. The zero-order valence-corrected chi connectivity index (χ0v) is 8.80. The molecule has 0 bridgehead atoms. The number of nitrogens with one attached hydrogen (secondary N) is 1. The van der Waals surface area contributed by atoms with Crippen molar-refractivity contribution < 1.29 is 24.9 Å². The fourth-order valence-electron chi connectivity index (χ4n) is 1.81. The molecule has 2 aliphatic heterocycles. The molecule has 0 aromatic rings. The van der Waals surface area contributed by atoms with Crippen LogP contribution in [0.25, 0.3) is 0 Å². The van der Waals surface area contributed by atoms with Crippen LogP contribution in [0, 0.1) is 0 Å². The molecule has 2 rings (SSSR count). The second kappa shape index (κ2) is 4.55. The highest BCUT2D eigenvalue weighted by Crippen LogP contribution is 2.25. The summed E-state index contributed by atoms with van der Waals surface area (Å²) >= 11 is 0. The van der Waals surface area contributed by atoms with Crippen LogP contribution in [0.4, 0.5) is 4.79 Å². The van der Waals surface area contributed by atoms with Gasteiger partial charge < -0.3 is 20.1 Å². The van der Waals surface area contributed by atoms with E-state index < -0.39 is 43.5 Å². The maximum Gasteiger partial charge on any atom is 0.327 e. The molecule has 5 unspecified atom stereocenters. The number of amides is 2. The van der Waals surface area contributed by atoms with E-state index in [2.05, 4.69) is 10.3 Å². The van der Waals surface area contributed by atoms with Crippen molar-refractivity contribution in [1.82, 2.24) is 10.2 Å². The van der Waals surface area contributed by atoms with E-state index in [0.29, 0.717) is 0 Å². The first kappa shape index (κ1) is 12.2. The minimum atomic E-state index is -1.35. The highest BCUT2D eigenvalue weighted by molar-refractivity contribution is 5.88. The summed E-state index contributed by atoms with van der Waals surface area (Å²) in [6.45, 7) is -0.470. The van der Waals surface area contributed by atoms with Crippen LogP contribution >= 0.6 is 0 Å². The number of carbonyl (C=O) groups excluding carboxylic acids is 1. The summed E-state index contributed by atoms with van der Waals surface area (Å²) in [6.07, 6.45) is -4.60. The average Bonchev–Trinajstić information content (AvgIpc) is 2.57. The van der Waals surface area contributed by atoms with Crippen LogP contribution in [0.5, 0.6) is 0 Å². The third-order valence-electron chi connectivity index (χ3n) is 2.73. The molecule has 2 amide bonds. The predicted molar refractivity (Wildman–Crippen MR) is 54.6 cm³/mol. The van der Waals surface area contributed by atoms with Gasteiger partial charge in [0.05, 0.1) is 12.9 Å². The first-order valence-corrected chi connectivity index (χ1v) is 5.04. The minimum absolute atomic E-state index is 0.470. The van der Waals surface area contributed by atoms with Gasteiger partial charge in [-0.3, -0.25) is 16.0 Å². The Morgan fingerprint density at radius 1 is 1.53 bits per heavy atom. The summed E-state index contributed by atoms with van der Waals surface area (Å²) in [4.78, 5) is 16.2. The molecule has 1 fully saturated rings. The second-order valence-corrected chi connectivity index (χ2v) is 3.78. The van der Waals surface area contributed by atoms with Crippen LogP contribution in [-0.4, -0.2) is 70.0 Å². The number of aliphatic hydroxyl groups excluding tert-OH is 3. The first-order valence-electron chi connectivity index (χ1n) is 5.04. The highest BCUT2D eigenvalue weighted by Gasteiger charge is 2.48. The number of nitrogens with zero attached hydrogens (tertiary/aromatic N) is 2. The number of rotatable bonds is 2. The summed E-state index contributed by atoms with van der Waals surface area (Å²) < 4.78 is 5.18. The van der Waals surface area contributed by atoms with Crippen LogP contribution in [0.3, 0.4) is 0 Å². The van der Waals surface area contributed by atoms with Crippen molar-refractivity contribution >= 4 is 12.4 Å². The van der Waals surface area contributed by atoms with Gasteiger partial charge in [-0.05, 0) is 0 Å². The minimum Gasteiger partial charge on any atom is -0.394 e. The molecule has 1 saturated heterocycles. The van der Waals surface area contributed by atoms with Gasteiger partial charge in [-0.2, -0.15) is 0 Å². The topological polar surface area (TPSA) is 141 Å². The summed E-state index contributed by atoms with van der Waals surface area (Å²) in [5.74, 6) is 0. The number of aliphatic hydroxyl groups is 3. The number of aliphatic imine (C=N–C) groups is 1. The van der Waals surface area contributed by atoms with Gasteiger partial charge in [0.1, 0.15) is 18.3 Å². The third kappa shape index (κ3) is 1.98. The van der Waals surface area contributed by atoms with Crippen molar-refractivity contribution in [3.05, 3.63) is 0 Å². The van der Waals surface area contributed by atoms with E-state index in [-0.39, 0.29) is 0 Å². The Morgan fingerprint density at radius 2 is 2.24 bits per heavy atom. The van der Waals surface area contributed by atoms with Crippen molar-refractivity contribution in [3.63, 3.8) is 0 Å². The van der Waals surface area contributed by atoms with Crippen molar-refractivity contribution in [2.24, 2.45) is 10.7 Å². The van der Waals surface area contributed by atoms with E-state index in [0.717, 1.165) is 11.2 Å². The van der Waals surface area contributed by atoms with E-state index in [1.807, 2.05) is 0 Å². The second-order valence-electron chi connectivity index (χ2n) is 3.78. The number of hydrogen-bond donors (Lipinski definition) is 5. The number of urea groups is 1. The van der Waals surface area contributed by atoms with Gasteiger partial charge in [0, 0.05) is 0 Å². The zero-order valence-electron chi connectivity index (χ0n) is 8.80. The first-order chi connectivity index (χ1) is 8.06. The van der Waals surface area contributed by atoms with E-state index >= 15 is 0 Å². The Balaban J connectivity index is 2.17. The summed E-state index contributed by atoms with van der Waals surface area (Å²) in [5.41, 5.74) is 5.58. The van der Waals surface area contributed by atoms with Gasteiger partial charge in [-0.25, -0.2) is 9.79 Å². The van der Waals surface area contributed by atoms with E-state index in [1.54, 1.807) is 0 Å². The van der Waals surface area contributed by atoms with Crippen LogP contribution in [0.15, 0.2) is 4.99 Å². The molecule has 96 valence electrons. The predicted octanol–water partition coefficient (Wildman–Crippen LogP) is -3.28. The van der Waals surface area contributed by atoms with E-state index in [4.69, 9.17) is 15.6 Å². The lowest BCUT2D eigenvalue weighted by atomic mass is 10.1. The lowest BCUT2D eigenvalue weighted by Crippen LogP contribution is -2.60. The lowest BCUT2D eigenvalue weighted by molar-refractivity contribution is -0.0907. The standard InChI is InChI=1S/C8H14N4O5/c9-7-10-2-11-8(16)12(7)6-5(15)4(14)3(1-13)17-6/h2-7,13-15H,1,9H2,(H,10,11,16). The Kier molecular flexibility index (Phi) is 3.26. The fourth-order valence-corrected chi connectivity index (χ4v) is 1.81. The van der Waals surface area contributed by atoms with Crippen molar-refractivity contribution in [3.8, 4) is 0 Å². The molecule has 2 aliphatic rings. The third-order valence-corrected chi connectivity index (χ3v) is 2.73. The van der Waals surface area contributed by atoms with Crippen LogP contribution < -0.4 is 11.1 Å². The van der Waals surface area contributed by atoms with Crippen molar-refractivity contribution in [2.45, 2.75) is 30.8 Å². The maximum atomic E-state index is 11.5. The van der Waals surface area contributed by atoms with Gasteiger partial charge in [-0.1, -0.05) is 0 Å². The van der Waals surface area contributed by atoms with Gasteiger partial charge in [0.2, 0.25) is 0 Å². The lowest BCUT2D eigenvalue weighted by Gasteiger charge is -2.34. The average molecular weight is 246 g/mol. The largest absolute Gasteiger partial charge is 0.394 e. The Labute approximate surface area is 96.5 Å². The smallest absolute Gasteiger partial charge is 0.327 e. The molecule has 0 aliphatic carbocycles. The zero-order chi connectivity index (χ0) is 12.6. The molecular formula is C8H14N4O5. The van der Waals surface area contributed by atoms with E-state index in [1.165, 1.54) is 0 Å². The molecule has 0 aromatic carbocycles. The SMILES string of the molecule is NC1N=CNC(=O)N1C1OC(CO)C(O)C1O. The van der Waals surface area contributed by atoms with Gasteiger partial charge >= 0.3 is 6.03 Å². The number of nitrogens with two attached hydrogens (primary N) is 1. The molecule has 5 atom stereocenters. The van der Waals surface area contributed by atoms with Crippen molar-refractivity contribution in [1.29, 1.82) is 0 Å². The van der Waals surface area contributed by atoms with Gasteiger partial charge in [0.25, 0.3) is 0 Å². The Hall–Kier alpha value is -1.26. The Morgan fingerprint density at radius 3 is 2.76 bits per heavy atom. The molecule has 0 saturated carbocycles. The fraction of sp³-hybridized carbons (Fsp3) is 0.750. The number of hydrogen-bond acceptors (Lipinski definition) is 7. The molecule has 6 N–H and O–H groups in total. The monoisotopic (exact) mass is 246 g/mol. The maximum absolute atomic E-state index is 11.5. The molecule has 0 radical (unpaired) electrons. The van der Waals surface area contributed by atoms with Gasteiger partial charge in [0.15, 0.2) is 12.5 Å². The van der Waals surface area contributed by atoms with E-state index in [9.17, 15) is 15.0 Å². The molecule has 9 heteroatoms. The van der Waals surface area contributed by atoms with Crippen LogP contribution in [0.1, 0.15) is 0 Å². The number of ether oxygens (including phenoxy) is 1. The van der Waals surface area contributed by atoms with Gasteiger partial charge in [-0.15, -0.1) is 0 Å². The van der Waals surface area contributed by atoms with Crippen LogP contribution in [-0.2, 0) is 4.74 Å². The molecule has 0 aromatic heterocycles. The summed E-state index contributed by atoms with van der Waals surface area (Å²) in [6, 6.07) is -0.595. The highest BCUT2D eigenvalue weighted by atomic mass is 16.6. The molecule has 2 heterocycles. The van der Waals surface area contributed by atoms with Crippen LogP contribution in [0.2, 0.25) is 0 Å². The van der Waals surface area contributed by atoms with Crippen molar-refractivity contribution in [2.75, 3.05) is 6.61 Å². The quantitative estimate of drug-likeness (QED) is 0.346.